The van der Waals surface area contributed by atoms with Gasteiger partial charge >= 0.3 is 19.8 Å². The predicted molar refractivity (Wildman–Crippen MR) is 312 cm³/mol. The molecule has 0 aromatic rings. The number of esters is 2. The highest BCUT2D eigenvalue weighted by Crippen LogP contribution is 2.43. The Balaban J connectivity index is 3.90. The minimum Gasteiger partial charge on any atom is -0.462 e. The summed E-state index contributed by atoms with van der Waals surface area (Å²) < 4.78 is 33.0. The number of unbranched alkanes of at least 4 members (excludes halogenated alkanes) is 35. The van der Waals surface area contributed by atoms with E-state index in [0.29, 0.717) is 6.42 Å². The van der Waals surface area contributed by atoms with Crippen molar-refractivity contribution in [3.63, 3.8) is 0 Å². The Morgan fingerprint density at radius 3 is 1.12 bits per heavy atom. The summed E-state index contributed by atoms with van der Waals surface area (Å²) in [6, 6.07) is 0. The number of rotatable bonds is 58. The van der Waals surface area contributed by atoms with Crippen LogP contribution in [-0.2, 0) is 32.7 Å². The first-order chi connectivity index (χ1) is 35.8. The molecule has 0 saturated heterocycles. The fraction of sp³-hybridized carbons (Fsp3) is 0.810. The minimum atomic E-state index is -4.40. The predicted octanol–water partition coefficient (Wildman–Crippen LogP) is 19.5. The van der Waals surface area contributed by atoms with Gasteiger partial charge in [-0.2, -0.15) is 0 Å². The maximum Gasteiger partial charge on any atom is 0.472 e. The van der Waals surface area contributed by atoms with Crippen LogP contribution in [0, 0.1) is 0 Å². The van der Waals surface area contributed by atoms with Crippen LogP contribution in [-0.4, -0.2) is 49.3 Å². The van der Waals surface area contributed by atoms with Gasteiger partial charge in [-0.25, -0.2) is 4.57 Å². The fourth-order valence-corrected chi connectivity index (χ4v) is 9.67. The maximum absolute atomic E-state index is 12.7. The standard InChI is InChI=1S/C63H116NO8P/c1-3-5-7-9-11-13-15-17-19-21-23-25-26-27-28-29-30-31-32-33-34-36-37-39-41-43-45-47-49-51-53-55-62(65)69-59-61(60-71-73(67,68)70-58-57-64)72-63(66)56-54-52-50-48-46-44-42-40-38-35-24-22-20-18-16-14-12-10-8-6-4-2/h6,8,12,14,18,20,24,35,40,42,61H,3-5,7,9-11,13,15-17,19,21-23,25-34,36-39,41,43-60,64H2,1-2H3,(H,67,68)/b8-6-,14-12-,20-18-,35-24-,42-40-. The van der Waals surface area contributed by atoms with Crippen molar-refractivity contribution < 1.29 is 37.6 Å². The Hall–Kier alpha value is -2.29. The van der Waals surface area contributed by atoms with Crippen molar-refractivity contribution >= 4 is 19.8 Å². The molecule has 0 aromatic carbocycles. The molecule has 0 aliphatic carbocycles. The highest BCUT2D eigenvalue weighted by Gasteiger charge is 2.26. The van der Waals surface area contributed by atoms with Gasteiger partial charge in [-0.1, -0.05) is 286 Å². The van der Waals surface area contributed by atoms with Crippen molar-refractivity contribution in [2.45, 2.75) is 302 Å². The molecule has 0 heterocycles. The Kier molecular flexibility index (Phi) is 57.1. The Morgan fingerprint density at radius 2 is 0.753 bits per heavy atom. The van der Waals surface area contributed by atoms with Gasteiger partial charge in [0.1, 0.15) is 6.61 Å². The average molecular weight is 1050 g/mol. The molecule has 0 rings (SSSR count). The monoisotopic (exact) mass is 1050 g/mol. The molecule has 0 amide bonds. The molecular formula is C63H116NO8P. The molecule has 9 nitrogen and oxygen atoms in total. The van der Waals surface area contributed by atoms with Gasteiger partial charge < -0.3 is 20.1 Å². The number of phosphoric acid groups is 1. The van der Waals surface area contributed by atoms with E-state index in [9.17, 15) is 19.0 Å². The number of phosphoric ester groups is 1. The van der Waals surface area contributed by atoms with E-state index in [-0.39, 0.29) is 38.6 Å². The number of hydrogen-bond acceptors (Lipinski definition) is 8. The number of ether oxygens (including phenoxy) is 2. The van der Waals surface area contributed by atoms with Gasteiger partial charge in [0.05, 0.1) is 13.2 Å². The quantitative estimate of drug-likeness (QED) is 0.0264. The van der Waals surface area contributed by atoms with Crippen LogP contribution < -0.4 is 5.73 Å². The molecule has 3 N–H and O–H groups in total. The average Bonchev–Trinajstić information content (AvgIpc) is 3.38. The Bertz CT molecular complexity index is 1380. The summed E-state index contributed by atoms with van der Waals surface area (Å²) in [5, 5.41) is 0. The van der Waals surface area contributed by atoms with Gasteiger partial charge in [0.2, 0.25) is 0 Å². The molecular weight excluding hydrogens is 930 g/mol. The summed E-state index contributed by atoms with van der Waals surface area (Å²) in [5.41, 5.74) is 5.38. The maximum atomic E-state index is 12.7. The lowest BCUT2D eigenvalue weighted by molar-refractivity contribution is -0.161. The van der Waals surface area contributed by atoms with Crippen molar-refractivity contribution in [1.29, 1.82) is 0 Å². The van der Waals surface area contributed by atoms with Crippen molar-refractivity contribution in [2.75, 3.05) is 26.4 Å². The third-order valence-electron chi connectivity index (χ3n) is 13.4. The summed E-state index contributed by atoms with van der Waals surface area (Å²) in [6.45, 7) is 3.65. The summed E-state index contributed by atoms with van der Waals surface area (Å²) in [7, 11) is -4.40. The highest BCUT2D eigenvalue weighted by atomic mass is 31.2. The van der Waals surface area contributed by atoms with Gasteiger partial charge in [0.25, 0.3) is 0 Å². The van der Waals surface area contributed by atoms with E-state index in [1.807, 2.05) is 0 Å². The highest BCUT2D eigenvalue weighted by molar-refractivity contribution is 7.47. The van der Waals surface area contributed by atoms with Crippen molar-refractivity contribution in [2.24, 2.45) is 5.73 Å². The first-order valence-corrected chi connectivity index (χ1v) is 32.3. The molecule has 0 bridgehead atoms. The molecule has 0 fully saturated rings. The van der Waals surface area contributed by atoms with E-state index in [1.165, 1.54) is 180 Å². The van der Waals surface area contributed by atoms with Crippen LogP contribution in [0.2, 0.25) is 0 Å². The third kappa shape index (κ3) is 58.8. The van der Waals surface area contributed by atoms with E-state index >= 15 is 0 Å². The summed E-state index contributed by atoms with van der Waals surface area (Å²) in [6.07, 6.45) is 74.4. The molecule has 0 radical (unpaired) electrons. The van der Waals surface area contributed by atoms with Crippen molar-refractivity contribution in [3.05, 3.63) is 60.8 Å². The number of allylic oxidation sites excluding steroid dienone is 10. The summed E-state index contributed by atoms with van der Waals surface area (Å²) >= 11 is 0. The second-order valence-electron chi connectivity index (χ2n) is 20.6. The number of carbonyl (C=O) groups excluding carboxylic acids is 2. The lowest BCUT2D eigenvalue weighted by Crippen LogP contribution is -2.29. The number of carbonyl (C=O) groups is 2. The zero-order valence-corrected chi connectivity index (χ0v) is 48.5. The van der Waals surface area contributed by atoms with Crippen LogP contribution >= 0.6 is 7.82 Å². The zero-order chi connectivity index (χ0) is 53.1. The number of hydrogen-bond donors (Lipinski definition) is 2. The third-order valence-corrected chi connectivity index (χ3v) is 14.4. The molecule has 73 heavy (non-hydrogen) atoms. The first-order valence-electron chi connectivity index (χ1n) is 30.8. The first kappa shape index (κ1) is 70.7. The molecule has 2 atom stereocenters. The lowest BCUT2D eigenvalue weighted by atomic mass is 10.0. The smallest absolute Gasteiger partial charge is 0.462 e. The zero-order valence-electron chi connectivity index (χ0n) is 47.6. The van der Waals surface area contributed by atoms with Crippen LogP contribution in [0.4, 0.5) is 0 Å². The van der Waals surface area contributed by atoms with Crippen LogP contribution in [0.15, 0.2) is 60.8 Å². The van der Waals surface area contributed by atoms with Crippen molar-refractivity contribution in [3.8, 4) is 0 Å². The Labute approximate surface area is 450 Å². The molecule has 0 aromatic heterocycles. The molecule has 10 heteroatoms. The normalized spacial score (nSPS) is 13.4. The van der Waals surface area contributed by atoms with E-state index in [0.717, 1.165) is 83.5 Å². The SMILES string of the molecule is CC/C=C\C/C=C\C/C=C\C/C=C\C/C=C\CCCCCCCC(=O)OC(COC(=O)CCCCCCCCCCCCCCCCCCCCCCCCCCCCCCCCC)COP(=O)(O)OCCN. The second-order valence-corrected chi connectivity index (χ2v) is 22.0. The fourth-order valence-electron chi connectivity index (χ4n) is 8.90. The van der Waals surface area contributed by atoms with Gasteiger partial charge in [-0.15, -0.1) is 0 Å². The van der Waals surface area contributed by atoms with Crippen LogP contribution in [0.5, 0.6) is 0 Å². The summed E-state index contributed by atoms with van der Waals surface area (Å²) in [4.78, 5) is 35.2. The van der Waals surface area contributed by atoms with E-state index in [1.54, 1.807) is 0 Å². The second kappa shape index (κ2) is 59.0. The Morgan fingerprint density at radius 1 is 0.425 bits per heavy atom. The molecule has 0 aliphatic rings. The topological polar surface area (TPSA) is 134 Å². The van der Waals surface area contributed by atoms with Gasteiger partial charge in [0, 0.05) is 19.4 Å². The van der Waals surface area contributed by atoms with Gasteiger partial charge in [0.15, 0.2) is 6.10 Å². The summed E-state index contributed by atoms with van der Waals surface area (Å²) in [5.74, 6) is -0.840. The lowest BCUT2D eigenvalue weighted by Gasteiger charge is -2.19. The largest absolute Gasteiger partial charge is 0.472 e. The van der Waals surface area contributed by atoms with Gasteiger partial charge in [-0.3, -0.25) is 18.6 Å². The van der Waals surface area contributed by atoms with Crippen LogP contribution in [0.1, 0.15) is 296 Å². The van der Waals surface area contributed by atoms with E-state index in [4.69, 9.17) is 24.3 Å². The number of nitrogens with two attached hydrogens (primary N) is 1. The molecule has 426 valence electrons. The van der Waals surface area contributed by atoms with Crippen LogP contribution in [0.3, 0.4) is 0 Å². The van der Waals surface area contributed by atoms with Crippen LogP contribution in [0.25, 0.3) is 0 Å². The van der Waals surface area contributed by atoms with E-state index < -0.39 is 26.5 Å². The van der Waals surface area contributed by atoms with E-state index in [2.05, 4.69) is 74.6 Å². The van der Waals surface area contributed by atoms with Gasteiger partial charge in [-0.05, 0) is 57.8 Å². The molecule has 0 spiro atoms. The minimum absolute atomic E-state index is 0.0487. The molecule has 0 saturated carbocycles. The van der Waals surface area contributed by atoms with Crippen molar-refractivity contribution in [1.82, 2.24) is 0 Å². The molecule has 0 aliphatic heterocycles. The molecule has 2 unspecified atom stereocenters.